The quantitative estimate of drug-likeness (QED) is 0.334. The fourth-order valence-corrected chi connectivity index (χ4v) is 1.80. The molecule has 18 heavy (non-hydrogen) atoms. The van der Waals surface area contributed by atoms with Gasteiger partial charge in [-0.3, -0.25) is 10.1 Å². The molecule has 0 saturated heterocycles. The van der Waals surface area contributed by atoms with Gasteiger partial charge in [-0.05, 0) is 31.4 Å². The molecule has 0 unspecified atom stereocenters. The normalized spacial score (nSPS) is 9.78. The van der Waals surface area contributed by atoms with Crippen LogP contribution < -0.4 is 4.74 Å². The summed E-state index contributed by atoms with van der Waals surface area (Å²) in [6.45, 7) is 0.444. The van der Waals surface area contributed by atoms with E-state index in [0.29, 0.717) is 6.61 Å². The van der Waals surface area contributed by atoms with Crippen molar-refractivity contribution in [2.24, 2.45) is 0 Å². The molecule has 5 nitrogen and oxygen atoms in total. The summed E-state index contributed by atoms with van der Waals surface area (Å²) in [5.74, 6) is 0.220. The standard InChI is InChI=1S/C12H13BrN2O3/c13-6-2-1-3-7-18-12-5-4-10(9-14)8-11(12)15(16)17/h4-5,8H,1-3,6-7H2. The second-order valence-electron chi connectivity index (χ2n) is 3.65. The van der Waals surface area contributed by atoms with Crippen LogP contribution in [-0.4, -0.2) is 16.9 Å². The van der Waals surface area contributed by atoms with Crippen LogP contribution in [0.2, 0.25) is 0 Å². The number of alkyl halides is 1. The lowest BCUT2D eigenvalue weighted by Gasteiger charge is -2.06. The molecule has 1 rings (SSSR count). The number of nitrogens with zero attached hydrogens (tertiary/aromatic N) is 2. The molecule has 0 aliphatic heterocycles. The molecule has 0 aromatic heterocycles. The minimum absolute atomic E-state index is 0.158. The van der Waals surface area contributed by atoms with Crippen molar-refractivity contribution in [3.63, 3.8) is 0 Å². The largest absolute Gasteiger partial charge is 0.487 e. The Morgan fingerprint density at radius 3 is 2.78 bits per heavy atom. The summed E-state index contributed by atoms with van der Waals surface area (Å²) in [7, 11) is 0. The highest BCUT2D eigenvalue weighted by atomic mass is 79.9. The molecule has 0 fully saturated rings. The molecule has 96 valence electrons. The molecule has 0 saturated carbocycles. The van der Waals surface area contributed by atoms with Crippen molar-refractivity contribution >= 4 is 21.6 Å². The summed E-state index contributed by atoms with van der Waals surface area (Å²) in [5.41, 5.74) is 0.0999. The third-order valence-corrected chi connectivity index (χ3v) is 2.88. The minimum atomic E-state index is -0.533. The van der Waals surface area contributed by atoms with Gasteiger partial charge in [0.05, 0.1) is 23.2 Å². The van der Waals surface area contributed by atoms with E-state index in [9.17, 15) is 10.1 Å². The topological polar surface area (TPSA) is 76.2 Å². The molecule has 0 aliphatic carbocycles. The van der Waals surface area contributed by atoms with Gasteiger partial charge in [-0.15, -0.1) is 0 Å². The number of hydrogen-bond donors (Lipinski definition) is 0. The van der Waals surface area contributed by atoms with Gasteiger partial charge in [0.2, 0.25) is 0 Å². The zero-order valence-electron chi connectivity index (χ0n) is 9.76. The molecule has 6 heteroatoms. The van der Waals surface area contributed by atoms with Gasteiger partial charge >= 0.3 is 5.69 Å². The van der Waals surface area contributed by atoms with E-state index in [1.165, 1.54) is 18.2 Å². The van der Waals surface area contributed by atoms with Crippen molar-refractivity contribution < 1.29 is 9.66 Å². The van der Waals surface area contributed by atoms with Crippen LogP contribution in [0.25, 0.3) is 0 Å². The van der Waals surface area contributed by atoms with Crippen molar-refractivity contribution in [2.75, 3.05) is 11.9 Å². The van der Waals surface area contributed by atoms with Gasteiger partial charge in [0.25, 0.3) is 0 Å². The summed E-state index contributed by atoms with van der Waals surface area (Å²) in [5, 5.41) is 20.5. The maximum atomic E-state index is 10.8. The molecular formula is C12H13BrN2O3. The molecule has 0 heterocycles. The summed E-state index contributed by atoms with van der Waals surface area (Å²) < 4.78 is 5.38. The van der Waals surface area contributed by atoms with Gasteiger partial charge in [0.15, 0.2) is 5.75 Å². The maximum absolute atomic E-state index is 10.8. The van der Waals surface area contributed by atoms with Crippen molar-refractivity contribution in [3.05, 3.63) is 33.9 Å². The number of benzene rings is 1. The maximum Gasteiger partial charge on any atom is 0.312 e. The van der Waals surface area contributed by atoms with Crippen LogP contribution in [0.4, 0.5) is 5.69 Å². The second-order valence-corrected chi connectivity index (χ2v) is 4.44. The van der Waals surface area contributed by atoms with Crippen LogP contribution in [0.1, 0.15) is 24.8 Å². The van der Waals surface area contributed by atoms with Gasteiger partial charge in [0.1, 0.15) is 0 Å². The van der Waals surface area contributed by atoms with Crippen LogP contribution in [0.5, 0.6) is 5.75 Å². The third kappa shape index (κ3) is 4.34. The first-order chi connectivity index (χ1) is 8.69. The molecule has 1 aromatic rings. The molecule has 0 atom stereocenters. The van der Waals surface area contributed by atoms with Crippen LogP contribution in [0, 0.1) is 21.4 Å². The Morgan fingerprint density at radius 1 is 1.39 bits per heavy atom. The van der Waals surface area contributed by atoms with E-state index in [1.54, 1.807) is 0 Å². The lowest BCUT2D eigenvalue weighted by atomic mass is 10.2. The van der Waals surface area contributed by atoms with Crippen molar-refractivity contribution in [1.82, 2.24) is 0 Å². The van der Waals surface area contributed by atoms with Crippen molar-refractivity contribution in [1.29, 1.82) is 5.26 Å². The average Bonchev–Trinajstić information content (AvgIpc) is 2.38. The lowest BCUT2D eigenvalue weighted by molar-refractivity contribution is -0.385. The van der Waals surface area contributed by atoms with E-state index in [1.807, 2.05) is 6.07 Å². The predicted molar refractivity (Wildman–Crippen MR) is 71.0 cm³/mol. The van der Waals surface area contributed by atoms with E-state index in [-0.39, 0.29) is 17.0 Å². The monoisotopic (exact) mass is 312 g/mol. The number of nitro benzene ring substituents is 1. The first-order valence-electron chi connectivity index (χ1n) is 5.56. The zero-order chi connectivity index (χ0) is 13.4. The summed E-state index contributed by atoms with van der Waals surface area (Å²) in [4.78, 5) is 10.3. The molecule has 0 radical (unpaired) electrons. The van der Waals surface area contributed by atoms with Gasteiger partial charge in [0, 0.05) is 11.4 Å². The molecule has 0 bridgehead atoms. The average molecular weight is 313 g/mol. The first-order valence-corrected chi connectivity index (χ1v) is 6.68. The first kappa shape index (κ1) is 14.5. The van der Waals surface area contributed by atoms with Crippen LogP contribution >= 0.6 is 15.9 Å². The Morgan fingerprint density at radius 2 is 2.17 bits per heavy atom. The Kier molecular flexibility index (Phi) is 6.15. The van der Waals surface area contributed by atoms with E-state index < -0.39 is 4.92 Å². The molecule has 0 spiro atoms. The Labute approximate surface area is 114 Å². The fourth-order valence-electron chi connectivity index (χ4n) is 1.41. The van der Waals surface area contributed by atoms with Gasteiger partial charge in [-0.2, -0.15) is 5.26 Å². The van der Waals surface area contributed by atoms with Gasteiger partial charge < -0.3 is 4.74 Å². The number of hydrogen-bond acceptors (Lipinski definition) is 4. The zero-order valence-corrected chi connectivity index (χ0v) is 11.4. The van der Waals surface area contributed by atoms with E-state index in [4.69, 9.17) is 10.00 Å². The van der Waals surface area contributed by atoms with Crippen LogP contribution in [0.15, 0.2) is 18.2 Å². The Hall–Kier alpha value is -1.61. The fraction of sp³-hybridized carbons (Fsp3) is 0.417. The SMILES string of the molecule is N#Cc1ccc(OCCCCCBr)c([N+](=O)[O-])c1. The molecular weight excluding hydrogens is 300 g/mol. The third-order valence-electron chi connectivity index (χ3n) is 2.32. The number of nitro groups is 1. The molecule has 0 N–H and O–H groups in total. The summed E-state index contributed by atoms with van der Waals surface area (Å²) in [6.07, 6.45) is 2.91. The van der Waals surface area contributed by atoms with Gasteiger partial charge in [-0.25, -0.2) is 0 Å². The lowest BCUT2D eigenvalue weighted by Crippen LogP contribution is -2.01. The summed E-state index contributed by atoms with van der Waals surface area (Å²) >= 11 is 3.33. The molecule has 0 aliphatic rings. The number of nitriles is 1. The van der Waals surface area contributed by atoms with Crippen molar-refractivity contribution in [3.8, 4) is 11.8 Å². The minimum Gasteiger partial charge on any atom is -0.487 e. The molecule has 0 amide bonds. The van der Waals surface area contributed by atoms with E-state index in [2.05, 4.69) is 15.9 Å². The number of rotatable bonds is 7. The smallest absolute Gasteiger partial charge is 0.312 e. The van der Waals surface area contributed by atoms with Crippen LogP contribution in [0.3, 0.4) is 0 Å². The highest BCUT2D eigenvalue weighted by Crippen LogP contribution is 2.27. The highest BCUT2D eigenvalue weighted by molar-refractivity contribution is 9.09. The Bertz CT molecular complexity index is 457. The molecule has 1 aromatic carbocycles. The summed E-state index contributed by atoms with van der Waals surface area (Å²) in [6, 6.07) is 6.09. The predicted octanol–water partition coefficient (Wildman–Crippen LogP) is 3.41. The van der Waals surface area contributed by atoms with Crippen LogP contribution in [-0.2, 0) is 0 Å². The van der Waals surface area contributed by atoms with Gasteiger partial charge in [-0.1, -0.05) is 15.9 Å². The van der Waals surface area contributed by atoms with E-state index >= 15 is 0 Å². The second kappa shape index (κ2) is 7.67. The van der Waals surface area contributed by atoms with Crippen molar-refractivity contribution in [2.45, 2.75) is 19.3 Å². The van der Waals surface area contributed by atoms with E-state index in [0.717, 1.165) is 24.6 Å². The Balaban J connectivity index is 2.65. The number of unbranched alkanes of at least 4 members (excludes halogenated alkanes) is 2. The number of ether oxygens (including phenoxy) is 1. The highest BCUT2D eigenvalue weighted by Gasteiger charge is 2.15. The number of halogens is 1.